The molecule has 0 N–H and O–H groups in total. The third-order valence-electron chi connectivity index (χ3n) is 1.89. The molecule has 1 aromatic heterocycles. The lowest BCUT2D eigenvalue weighted by molar-refractivity contribution is -0.275. The third-order valence-corrected chi connectivity index (χ3v) is 3.33. The van der Waals surface area contributed by atoms with E-state index in [0.29, 0.717) is 0 Å². The molecule has 12 heteroatoms. The van der Waals surface area contributed by atoms with Gasteiger partial charge in [-0.2, -0.15) is 0 Å². The molecule has 4 nitrogen and oxygen atoms in total. The Balaban J connectivity index is 3.57. The van der Waals surface area contributed by atoms with Crippen LogP contribution < -0.4 is 4.74 Å². The molecule has 0 fully saturated rings. The van der Waals surface area contributed by atoms with E-state index in [9.17, 15) is 30.4 Å². The second kappa shape index (κ2) is 5.86. The highest BCUT2D eigenvalue weighted by atomic mass is 35.7. The summed E-state index contributed by atoms with van der Waals surface area (Å²) in [6.07, 6.45) is -8.53. The van der Waals surface area contributed by atoms with Crippen LogP contribution in [-0.2, 0) is 14.9 Å². The summed E-state index contributed by atoms with van der Waals surface area (Å²) < 4.78 is 87.2. The first kappa shape index (κ1) is 17.2. The van der Waals surface area contributed by atoms with E-state index in [-0.39, 0.29) is 6.07 Å². The molecule has 1 rings (SSSR count). The van der Waals surface area contributed by atoms with Gasteiger partial charge in [0.25, 0.3) is 15.5 Å². The molecule has 0 spiro atoms. The molecule has 0 unspecified atom stereocenters. The predicted octanol–water partition coefficient (Wildman–Crippen LogP) is 3.58. The third kappa shape index (κ3) is 4.32. The van der Waals surface area contributed by atoms with Crippen LogP contribution in [-0.4, -0.2) is 19.8 Å². The molecular formula is C8H4Cl2F5NO3S. The van der Waals surface area contributed by atoms with Crippen molar-refractivity contribution in [1.29, 1.82) is 0 Å². The molecule has 0 atom stereocenters. The van der Waals surface area contributed by atoms with Crippen molar-refractivity contribution in [3.05, 3.63) is 17.3 Å². The van der Waals surface area contributed by atoms with E-state index in [2.05, 4.69) is 9.72 Å². The fourth-order valence-corrected chi connectivity index (χ4v) is 2.30. The van der Waals surface area contributed by atoms with Crippen molar-refractivity contribution in [3.8, 4) is 5.75 Å². The Hall–Kier alpha value is -0.870. The van der Waals surface area contributed by atoms with Gasteiger partial charge in [-0.3, -0.25) is 0 Å². The van der Waals surface area contributed by atoms with E-state index in [0.717, 1.165) is 0 Å². The summed E-state index contributed by atoms with van der Waals surface area (Å²) in [7, 11) is 0.137. The van der Waals surface area contributed by atoms with Crippen LogP contribution in [0.15, 0.2) is 11.1 Å². The summed E-state index contributed by atoms with van der Waals surface area (Å²) in [5.41, 5.74) is -1.60. The Kier molecular flexibility index (Phi) is 5.03. The molecule has 0 saturated heterocycles. The highest BCUT2D eigenvalue weighted by molar-refractivity contribution is 8.13. The van der Waals surface area contributed by atoms with Crippen molar-refractivity contribution in [1.82, 2.24) is 4.98 Å². The number of alkyl halides is 6. The first-order valence-corrected chi connectivity index (χ1v) is 7.38. The molecule has 0 radical (unpaired) electrons. The van der Waals surface area contributed by atoms with Crippen LogP contribution in [0.2, 0.25) is 0 Å². The van der Waals surface area contributed by atoms with Gasteiger partial charge in [0.2, 0.25) is 5.03 Å². The molecule has 1 heterocycles. The van der Waals surface area contributed by atoms with E-state index in [1.54, 1.807) is 0 Å². The lowest BCUT2D eigenvalue weighted by atomic mass is 10.2. The number of nitrogens with zero attached hydrogens (tertiary/aromatic N) is 1. The zero-order chi connectivity index (χ0) is 15.7. The molecule has 0 amide bonds. The van der Waals surface area contributed by atoms with Gasteiger partial charge in [-0.05, 0) is 6.07 Å². The maximum absolute atomic E-state index is 12.6. The molecule has 0 saturated carbocycles. The normalized spacial score (nSPS) is 12.8. The molecule has 20 heavy (non-hydrogen) atoms. The van der Waals surface area contributed by atoms with Gasteiger partial charge in [-0.1, -0.05) is 0 Å². The maximum atomic E-state index is 12.6. The lowest BCUT2D eigenvalue weighted by Gasteiger charge is -2.14. The monoisotopic (exact) mass is 359 g/mol. The minimum Gasteiger partial charge on any atom is -0.403 e. The molecular weight excluding hydrogens is 356 g/mol. The lowest BCUT2D eigenvalue weighted by Crippen LogP contribution is -2.19. The van der Waals surface area contributed by atoms with E-state index in [4.69, 9.17) is 22.3 Å². The van der Waals surface area contributed by atoms with Crippen LogP contribution in [0.1, 0.15) is 17.7 Å². The highest BCUT2D eigenvalue weighted by Crippen LogP contribution is 2.35. The van der Waals surface area contributed by atoms with Crippen molar-refractivity contribution in [3.63, 3.8) is 0 Å². The van der Waals surface area contributed by atoms with Crippen molar-refractivity contribution < 1.29 is 35.1 Å². The highest BCUT2D eigenvalue weighted by Gasteiger charge is 2.35. The van der Waals surface area contributed by atoms with Gasteiger partial charge in [0.1, 0.15) is 0 Å². The summed E-state index contributed by atoms with van der Waals surface area (Å²) in [5, 5.41) is -1.34. The van der Waals surface area contributed by atoms with Crippen LogP contribution in [0, 0.1) is 0 Å². The Labute approximate surface area is 118 Å². The number of hydrogen-bond donors (Lipinski definition) is 0. The second-order valence-electron chi connectivity index (χ2n) is 3.25. The Morgan fingerprint density at radius 2 is 1.90 bits per heavy atom. The van der Waals surface area contributed by atoms with E-state index in [1.807, 2.05) is 0 Å². The minimum atomic E-state index is -5.31. The van der Waals surface area contributed by atoms with E-state index < -0.39 is 49.8 Å². The predicted molar refractivity (Wildman–Crippen MR) is 58.5 cm³/mol. The van der Waals surface area contributed by atoms with Gasteiger partial charge in [0.05, 0.1) is 11.6 Å². The molecule has 0 aliphatic carbocycles. The van der Waals surface area contributed by atoms with Crippen LogP contribution in [0.4, 0.5) is 22.0 Å². The number of rotatable bonds is 4. The first-order chi connectivity index (χ1) is 8.95. The minimum absolute atomic E-state index is 0.193. The number of pyridine rings is 1. The standard InChI is InChI=1S/C8H4Cl2F5NO3S/c9-2-4-3(6(11)12)1-5(19-8(13,14)15)7(16-4)20(10,17)18/h1,6H,2H2. The molecule has 0 aliphatic rings. The Morgan fingerprint density at radius 3 is 2.25 bits per heavy atom. The van der Waals surface area contributed by atoms with E-state index in [1.165, 1.54) is 0 Å². The number of ether oxygens (including phenoxy) is 1. The molecule has 1 aromatic rings. The number of aromatic nitrogens is 1. The fourth-order valence-electron chi connectivity index (χ4n) is 1.20. The summed E-state index contributed by atoms with van der Waals surface area (Å²) in [6, 6.07) is 0.193. The summed E-state index contributed by atoms with van der Waals surface area (Å²) >= 11 is 5.29. The molecule has 0 aliphatic heterocycles. The van der Waals surface area contributed by atoms with Crippen molar-refractivity contribution in [2.75, 3.05) is 0 Å². The Morgan fingerprint density at radius 1 is 1.35 bits per heavy atom. The number of hydrogen-bond acceptors (Lipinski definition) is 4. The van der Waals surface area contributed by atoms with Crippen LogP contribution in [0.5, 0.6) is 5.75 Å². The van der Waals surface area contributed by atoms with Crippen LogP contribution in [0.3, 0.4) is 0 Å². The molecule has 0 bridgehead atoms. The molecule has 0 aromatic carbocycles. The van der Waals surface area contributed by atoms with Gasteiger partial charge in [0, 0.05) is 16.2 Å². The smallest absolute Gasteiger partial charge is 0.403 e. The van der Waals surface area contributed by atoms with Crippen molar-refractivity contribution >= 4 is 31.3 Å². The zero-order valence-corrected chi connectivity index (χ0v) is 11.4. The van der Waals surface area contributed by atoms with Gasteiger partial charge in [-0.15, -0.1) is 24.8 Å². The summed E-state index contributed by atoms with van der Waals surface area (Å²) in [4.78, 5) is 3.11. The summed E-state index contributed by atoms with van der Waals surface area (Å²) in [5.74, 6) is -2.09. The maximum Gasteiger partial charge on any atom is 0.573 e. The topological polar surface area (TPSA) is 56.3 Å². The quantitative estimate of drug-likeness (QED) is 0.468. The first-order valence-electron chi connectivity index (χ1n) is 4.54. The molecule has 114 valence electrons. The van der Waals surface area contributed by atoms with Gasteiger partial charge < -0.3 is 4.74 Å². The number of halogens is 7. The van der Waals surface area contributed by atoms with Crippen molar-refractivity contribution in [2.45, 2.75) is 23.7 Å². The van der Waals surface area contributed by atoms with Crippen molar-refractivity contribution in [2.24, 2.45) is 0 Å². The Bertz CT molecular complexity index is 605. The zero-order valence-electron chi connectivity index (χ0n) is 9.09. The van der Waals surface area contributed by atoms with Gasteiger partial charge >= 0.3 is 6.36 Å². The van der Waals surface area contributed by atoms with Gasteiger partial charge in [0.15, 0.2) is 5.75 Å². The average molecular weight is 360 g/mol. The van der Waals surface area contributed by atoms with Crippen LogP contribution >= 0.6 is 22.3 Å². The largest absolute Gasteiger partial charge is 0.573 e. The summed E-state index contributed by atoms with van der Waals surface area (Å²) in [6.45, 7) is 0. The van der Waals surface area contributed by atoms with Crippen LogP contribution in [0.25, 0.3) is 0 Å². The van der Waals surface area contributed by atoms with E-state index >= 15 is 0 Å². The second-order valence-corrected chi connectivity index (χ2v) is 6.00. The average Bonchev–Trinajstić information content (AvgIpc) is 2.24. The SMILES string of the molecule is O=S(=O)(Cl)c1nc(CCl)c(C(F)F)cc1OC(F)(F)F. The fraction of sp³-hybridized carbons (Fsp3) is 0.375. The van der Waals surface area contributed by atoms with Gasteiger partial charge in [-0.25, -0.2) is 22.2 Å².